The molecule has 0 aliphatic heterocycles. The monoisotopic (exact) mass is 384 g/mol. The maximum absolute atomic E-state index is 12.9. The lowest BCUT2D eigenvalue weighted by atomic mass is 10.1. The van der Waals surface area contributed by atoms with Gasteiger partial charge in [-0.1, -0.05) is 29.8 Å². The van der Waals surface area contributed by atoms with Crippen molar-refractivity contribution in [2.45, 2.75) is 40.3 Å². The van der Waals surface area contributed by atoms with E-state index >= 15 is 0 Å². The maximum Gasteiger partial charge on any atom is 0.348 e. The van der Waals surface area contributed by atoms with E-state index < -0.39 is 5.97 Å². The predicted molar refractivity (Wildman–Crippen MR) is 105 cm³/mol. The molecule has 0 fully saturated rings. The molecule has 0 bridgehead atoms. The fourth-order valence-electron chi connectivity index (χ4n) is 2.72. The summed E-state index contributed by atoms with van der Waals surface area (Å²) in [7, 11) is 0. The van der Waals surface area contributed by atoms with Crippen molar-refractivity contribution in [1.82, 2.24) is 9.55 Å². The number of carbonyl (C=O) groups excluding carboxylic acids is 2. The topological polar surface area (TPSA) is 78.3 Å². The molecule has 140 valence electrons. The van der Waals surface area contributed by atoms with Crippen LogP contribution in [0.15, 0.2) is 35.4 Å². The van der Waals surface area contributed by atoms with E-state index in [4.69, 9.17) is 4.74 Å². The number of ketones is 1. The molecule has 0 N–H and O–H groups in total. The highest BCUT2D eigenvalue weighted by Crippen LogP contribution is 2.27. The lowest BCUT2D eigenvalue weighted by Gasteiger charge is -2.06. The molecular formula is C20H20N2O4S. The molecule has 0 amide bonds. The van der Waals surface area contributed by atoms with Crippen molar-refractivity contribution in [1.29, 1.82) is 0 Å². The molecule has 7 heteroatoms. The zero-order valence-corrected chi connectivity index (χ0v) is 16.4. The molecule has 2 aromatic heterocycles. The molecule has 0 aliphatic rings. The van der Waals surface area contributed by atoms with Crippen LogP contribution in [0, 0.1) is 13.8 Å². The zero-order valence-electron chi connectivity index (χ0n) is 15.6. The van der Waals surface area contributed by atoms with Gasteiger partial charge in [0, 0.05) is 5.56 Å². The van der Waals surface area contributed by atoms with Crippen LogP contribution in [0.4, 0.5) is 0 Å². The van der Waals surface area contributed by atoms with Gasteiger partial charge in [0.25, 0.3) is 5.56 Å². The molecule has 0 aliphatic carbocycles. The summed E-state index contributed by atoms with van der Waals surface area (Å²) in [6, 6.07) is 7.19. The highest BCUT2D eigenvalue weighted by Gasteiger charge is 2.21. The van der Waals surface area contributed by atoms with Gasteiger partial charge in [0.2, 0.25) is 0 Å². The van der Waals surface area contributed by atoms with Gasteiger partial charge in [-0.15, -0.1) is 11.3 Å². The minimum Gasteiger partial charge on any atom is -0.459 e. The molecule has 2 heterocycles. The molecular weight excluding hydrogens is 364 g/mol. The number of Topliss-reactive ketones (excluding diaryl/α,β-unsaturated/α-hetero) is 1. The molecule has 0 spiro atoms. The van der Waals surface area contributed by atoms with E-state index in [-0.39, 0.29) is 24.0 Å². The minimum absolute atomic E-state index is 0.105. The second-order valence-electron chi connectivity index (χ2n) is 6.66. The maximum atomic E-state index is 12.9. The van der Waals surface area contributed by atoms with Gasteiger partial charge in [-0.2, -0.15) is 0 Å². The third-order valence-corrected chi connectivity index (χ3v) is 5.31. The van der Waals surface area contributed by atoms with Gasteiger partial charge in [-0.3, -0.25) is 14.2 Å². The Kier molecular flexibility index (Phi) is 5.23. The van der Waals surface area contributed by atoms with E-state index in [9.17, 15) is 14.4 Å². The summed E-state index contributed by atoms with van der Waals surface area (Å²) in [6.45, 7) is 7.07. The number of carbonyl (C=O) groups is 2. The number of nitrogens with zero attached hydrogens (tertiary/aromatic N) is 2. The first kappa shape index (κ1) is 19.0. The molecule has 3 aromatic rings. The summed E-state index contributed by atoms with van der Waals surface area (Å²) in [5.74, 6) is -0.641. The van der Waals surface area contributed by atoms with Crippen molar-refractivity contribution >= 4 is 33.3 Å². The Morgan fingerprint density at radius 3 is 2.48 bits per heavy atom. The quantitative estimate of drug-likeness (QED) is 0.497. The van der Waals surface area contributed by atoms with Gasteiger partial charge in [-0.25, -0.2) is 9.78 Å². The molecule has 0 atom stereocenters. The minimum atomic E-state index is -0.466. The van der Waals surface area contributed by atoms with Gasteiger partial charge >= 0.3 is 5.97 Å². The average molecular weight is 384 g/mol. The number of aromatic nitrogens is 2. The Labute approximate surface area is 160 Å². The number of rotatable bonds is 5. The van der Waals surface area contributed by atoms with Gasteiger partial charge in [0.05, 0.1) is 24.4 Å². The van der Waals surface area contributed by atoms with Crippen LogP contribution in [0.3, 0.4) is 0 Å². The van der Waals surface area contributed by atoms with E-state index in [1.165, 1.54) is 10.9 Å². The zero-order chi connectivity index (χ0) is 19.7. The Balaban J connectivity index is 1.96. The number of fused-ring (bicyclic) bond motifs is 1. The third-order valence-electron chi connectivity index (χ3n) is 4.13. The number of hydrogen-bond acceptors (Lipinski definition) is 6. The van der Waals surface area contributed by atoms with Crippen LogP contribution in [-0.4, -0.2) is 27.4 Å². The standard InChI is InChI=1S/C20H20N2O4S/c1-11(2)26-20(25)17-13(4)16-18(27-17)21-10-22(19(16)24)9-15(23)14-7-5-12(3)6-8-14/h5-8,10-11H,9H2,1-4H3. The summed E-state index contributed by atoms with van der Waals surface area (Å²) in [6.07, 6.45) is 1.10. The molecule has 0 unspecified atom stereocenters. The van der Waals surface area contributed by atoms with E-state index in [1.54, 1.807) is 32.9 Å². The van der Waals surface area contributed by atoms with Gasteiger partial charge in [0.15, 0.2) is 5.78 Å². The lowest BCUT2D eigenvalue weighted by Crippen LogP contribution is -2.24. The first-order valence-corrected chi connectivity index (χ1v) is 9.39. The smallest absolute Gasteiger partial charge is 0.348 e. The van der Waals surface area contributed by atoms with Crippen LogP contribution in [-0.2, 0) is 11.3 Å². The summed E-state index contributed by atoms with van der Waals surface area (Å²) < 4.78 is 6.51. The number of benzene rings is 1. The molecule has 27 heavy (non-hydrogen) atoms. The normalized spacial score (nSPS) is 11.1. The Morgan fingerprint density at radius 1 is 1.19 bits per heavy atom. The number of hydrogen-bond donors (Lipinski definition) is 0. The second kappa shape index (κ2) is 7.44. The lowest BCUT2D eigenvalue weighted by molar-refractivity contribution is 0.0383. The molecule has 0 saturated heterocycles. The van der Waals surface area contributed by atoms with Crippen molar-refractivity contribution in [3.05, 3.63) is 62.5 Å². The van der Waals surface area contributed by atoms with Gasteiger partial charge in [0.1, 0.15) is 9.71 Å². The van der Waals surface area contributed by atoms with Crippen LogP contribution in [0.25, 0.3) is 10.2 Å². The molecule has 0 saturated carbocycles. The Morgan fingerprint density at radius 2 is 1.85 bits per heavy atom. The van der Waals surface area contributed by atoms with Crippen LogP contribution in [0.1, 0.15) is 45.0 Å². The van der Waals surface area contributed by atoms with Crippen molar-refractivity contribution in [3.8, 4) is 0 Å². The highest BCUT2D eigenvalue weighted by atomic mass is 32.1. The molecule has 3 rings (SSSR count). The fraction of sp³-hybridized carbons (Fsp3) is 0.300. The van der Waals surface area contributed by atoms with Gasteiger partial charge in [-0.05, 0) is 33.3 Å². The SMILES string of the molecule is Cc1ccc(C(=O)Cn2cnc3sc(C(=O)OC(C)C)c(C)c3c2=O)cc1. The van der Waals surface area contributed by atoms with Crippen molar-refractivity contribution < 1.29 is 14.3 Å². The summed E-state index contributed by atoms with van der Waals surface area (Å²) >= 11 is 1.13. The number of thiophene rings is 1. The van der Waals surface area contributed by atoms with E-state index in [0.717, 1.165) is 16.9 Å². The Hall–Kier alpha value is -2.80. The van der Waals surface area contributed by atoms with Crippen LogP contribution in [0.5, 0.6) is 0 Å². The highest BCUT2D eigenvalue weighted by molar-refractivity contribution is 7.20. The molecule has 6 nitrogen and oxygen atoms in total. The van der Waals surface area contributed by atoms with E-state index in [2.05, 4.69) is 4.98 Å². The number of ether oxygens (including phenoxy) is 1. The van der Waals surface area contributed by atoms with Crippen molar-refractivity contribution in [3.63, 3.8) is 0 Å². The molecule has 1 aromatic carbocycles. The second-order valence-corrected chi connectivity index (χ2v) is 7.66. The summed E-state index contributed by atoms with van der Waals surface area (Å²) in [4.78, 5) is 42.7. The third kappa shape index (κ3) is 3.83. The van der Waals surface area contributed by atoms with E-state index in [1.807, 2.05) is 19.1 Å². The van der Waals surface area contributed by atoms with Gasteiger partial charge < -0.3 is 4.74 Å². The van der Waals surface area contributed by atoms with Crippen LogP contribution in [0.2, 0.25) is 0 Å². The molecule has 0 radical (unpaired) electrons. The first-order valence-electron chi connectivity index (χ1n) is 8.57. The van der Waals surface area contributed by atoms with Crippen LogP contribution >= 0.6 is 11.3 Å². The summed E-state index contributed by atoms with van der Waals surface area (Å²) in [5, 5.41) is 0.356. The van der Waals surface area contributed by atoms with Crippen LogP contribution < -0.4 is 5.56 Å². The largest absolute Gasteiger partial charge is 0.459 e. The fourth-order valence-corrected chi connectivity index (χ4v) is 3.74. The average Bonchev–Trinajstić information content (AvgIpc) is 2.95. The van der Waals surface area contributed by atoms with Crippen molar-refractivity contribution in [2.75, 3.05) is 0 Å². The number of esters is 1. The predicted octanol–water partition coefficient (Wildman–Crippen LogP) is 3.52. The van der Waals surface area contributed by atoms with Crippen molar-refractivity contribution in [2.24, 2.45) is 0 Å². The number of aryl methyl sites for hydroxylation is 2. The summed E-state index contributed by atoms with van der Waals surface area (Å²) in [5.41, 5.74) is 1.80. The first-order chi connectivity index (χ1) is 12.8. The Bertz CT molecular complexity index is 1080. The van der Waals surface area contributed by atoms with E-state index in [0.29, 0.717) is 26.2 Å².